The minimum Gasteiger partial charge on any atom is -0.357 e. The van der Waals surface area contributed by atoms with Crippen LogP contribution in [-0.2, 0) is 11.3 Å². The first kappa shape index (κ1) is 19.3. The lowest BCUT2D eigenvalue weighted by atomic mass is 9.97. The maximum atomic E-state index is 13.8. The minimum atomic E-state index is -0.256. The Balaban J connectivity index is 1.54. The van der Waals surface area contributed by atoms with E-state index in [4.69, 9.17) is 0 Å². The third-order valence-electron chi connectivity index (χ3n) is 5.16. The number of nitrogens with one attached hydrogen (secondary N) is 1. The van der Waals surface area contributed by atoms with Crippen LogP contribution in [0.1, 0.15) is 56.1 Å². The van der Waals surface area contributed by atoms with Gasteiger partial charge in [0.2, 0.25) is 5.91 Å². The van der Waals surface area contributed by atoms with Gasteiger partial charge in [0.25, 0.3) is 0 Å². The molecule has 2 heterocycles. The van der Waals surface area contributed by atoms with E-state index in [1.807, 2.05) is 19.2 Å². The molecule has 1 fully saturated rings. The summed E-state index contributed by atoms with van der Waals surface area (Å²) in [6.45, 7) is 4.43. The molecule has 0 bridgehead atoms. The first-order valence-corrected chi connectivity index (χ1v) is 9.84. The number of aromatic nitrogens is 1. The summed E-state index contributed by atoms with van der Waals surface area (Å²) in [5, 5.41) is 2.95. The van der Waals surface area contributed by atoms with E-state index in [0.29, 0.717) is 12.1 Å². The van der Waals surface area contributed by atoms with Crippen molar-refractivity contribution in [3.8, 4) is 0 Å². The molecule has 0 radical (unpaired) electrons. The Kier molecular flexibility index (Phi) is 6.80. The predicted molar refractivity (Wildman–Crippen MR) is 106 cm³/mol. The van der Waals surface area contributed by atoms with Crippen molar-refractivity contribution in [1.82, 2.24) is 10.3 Å². The zero-order valence-electron chi connectivity index (χ0n) is 16.0. The van der Waals surface area contributed by atoms with Gasteiger partial charge in [-0.25, -0.2) is 9.37 Å². The van der Waals surface area contributed by atoms with Crippen LogP contribution in [0.5, 0.6) is 0 Å². The quantitative estimate of drug-likeness (QED) is 0.820. The van der Waals surface area contributed by atoms with Gasteiger partial charge in [0, 0.05) is 32.3 Å². The van der Waals surface area contributed by atoms with Crippen molar-refractivity contribution in [2.24, 2.45) is 0 Å². The molecule has 1 aliphatic heterocycles. The van der Waals surface area contributed by atoms with Gasteiger partial charge in [-0.05, 0) is 48.1 Å². The fourth-order valence-corrected chi connectivity index (χ4v) is 3.58. The number of halogens is 1. The Bertz CT molecular complexity index is 757. The third-order valence-corrected chi connectivity index (χ3v) is 5.16. The molecule has 1 aromatic heterocycles. The highest BCUT2D eigenvalue weighted by Gasteiger charge is 2.15. The standard InChI is InChI=1S/C22H28FN3O/c1-17(19-8-4-5-9-20(19)23)14-22(27)25-16-18-10-11-24-21(15-18)26-12-6-2-3-7-13-26/h4-5,8-11,15,17H,2-3,6-7,12-14,16H2,1H3,(H,25,27)/t17-/m0/s1. The number of hydrogen-bond acceptors (Lipinski definition) is 3. The van der Waals surface area contributed by atoms with Crippen LogP contribution in [0.3, 0.4) is 0 Å². The number of rotatable bonds is 6. The van der Waals surface area contributed by atoms with Gasteiger partial charge in [-0.2, -0.15) is 0 Å². The van der Waals surface area contributed by atoms with Crippen molar-refractivity contribution in [2.45, 2.75) is 51.5 Å². The fourth-order valence-electron chi connectivity index (χ4n) is 3.58. The number of hydrogen-bond donors (Lipinski definition) is 1. The van der Waals surface area contributed by atoms with Crippen LogP contribution in [-0.4, -0.2) is 24.0 Å². The van der Waals surface area contributed by atoms with E-state index in [2.05, 4.69) is 21.3 Å². The maximum absolute atomic E-state index is 13.8. The number of pyridine rings is 1. The molecule has 5 heteroatoms. The van der Waals surface area contributed by atoms with Crippen LogP contribution in [0, 0.1) is 5.82 Å². The average molecular weight is 369 g/mol. The van der Waals surface area contributed by atoms with Gasteiger partial charge in [-0.15, -0.1) is 0 Å². The summed E-state index contributed by atoms with van der Waals surface area (Å²) in [5.74, 6) is 0.507. The molecule has 1 saturated heterocycles. The Labute approximate surface area is 160 Å². The molecule has 27 heavy (non-hydrogen) atoms. The molecule has 4 nitrogen and oxygen atoms in total. The molecule has 3 rings (SSSR count). The van der Waals surface area contributed by atoms with Crippen LogP contribution < -0.4 is 10.2 Å². The molecule has 1 atom stereocenters. The number of carbonyl (C=O) groups excluding carboxylic acids is 1. The minimum absolute atomic E-state index is 0.0705. The van der Waals surface area contributed by atoms with Crippen molar-refractivity contribution in [2.75, 3.05) is 18.0 Å². The van der Waals surface area contributed by atoms with Crippen LogP contribution >= 0.6 is 0 Å². The third kappa shape index (κ3) is 5.52. The van der Waals surface area contributed by atoms with Crippen molar-refractivity contribution in [3.05, 3.63) is 59.5 Å². The molecule has 1 N–H and O–H groups in total. The Morgan fingerprint density at radius 3 is 2.67 bits per heavy atom. The first-order chi connectivity index (χ1) is 13.1. The summed E-state index contributed by atoms with van der Waals surface area (Å²) in [7, 11) is 0. The average Bonchev–Trinajstić information content (AvgIpc) is 2.96. The fraction of sp³-hybridized carbons (Fsp3) is 0.455. The molecular weight excluding hydrogens is 341 g/mol. The highest BCUT2D eigenvalue weighted by Crippen LogP contribution is 2.22. The van der Waals surface area contributed by atoms with Gasteiger partial charge in [0.15, 0.2) is 0 Å². The largest absolute Gasteiger partial charge is 0.357 e. The van der Waals surface area contributed by atoms with Crippen LogP contribution in [0.15, 0.2) is 42.6 Å². The first-order valence-electron chi connectivity index (χ1n) is 9.84. The molecule has 0 unspecified atom stereocenters. The highest BCUT2D eigenvalue weighted by molar-refractivity contribution is 5.76. The number of benzene rings is 1. The number of nitrogens with zero attached hydrogens (tertiary/aromatic N) is 2. The smallest absolute Gasteiger partial charge is 0.220 e. The van der Waals surface area contributed by atoms with E-state index in [9.17, 15) is 9.18 Å². The molecule has 0 spiro atoms. The van der Waals surface area contributed by atoms with Gasteiger partial charge in [0.1, 0.15) is 11.6 Å². The topological polar surface area (TPSA) is 45.2 Å². The zero-order valence-corrected chi connectivity index (χ0v) is 16.0. The van der Waals surface area contributed by atoms with Crippen LogP contribution in [0.4, 0.5) is 10.2 Å². The van der Waals surface area contributed by atoms with E-state index >= 15 is 0 Å². The van der Waals surface area contributed by atoms with E-state index < -0.39 is 0 Å². The molecule has 144 valence electrons. The van der Waals surface area contributed by atoms with E-state index in [0.717, 1.165) is 24.5 Å². The van der Waals surface area contributed by atoms with E-state index in [-0.39, 0.29) is 24.1 Å². The zero-order chi connectivity index (χ0) is 19.1. The van der Waals surface area contributed by atoms with Gasteiger partial charge in [0.05, 0.1) is 0 Å². The lowest BCUT2D eigenvalue weighted by Gasteiger charge is -2.21. The van der Waals surface area contributed by atoms with Gasteiger partial charge >= 0.3 is 0 Å². The molecule has 0 aliphatic carbocycles. The summed E-state index contributed by atoms with van der Waals surface area (Å²) >= 11 is 0. The molecular formula is C22H28FN3O. The van der Waals surface area contributed by atoms with Gasteiger partial charge < -0.3 is 10.2 Å². The maximum Gasteiger partial charge on any atom is 0.220 e. The summed E-state index contributed by atoms with van der Waals surface area (Å²) in [6.07, 6.45) is 7.06. The lowest BCUT2D eigenvalue weighted by Crippen LogP contribution is -2.26. The normalized spacial score (nSPS) is 15.9. The van der Waals surface area contributed by atoms with E-state index in [1.54, 1.807) is 18.2 Å². The van der Waals surface area contributed by atoms with Crippen molar-refractivity contribution >= 4 is 11.7 Å². The number of anilines is 1. The van der Waals surface area contributed by atoms with Crippen LogP contribution in [0.25, 0.3) is 0 Å². The molecule has 1 amide bonds. The number of amides is 1. The Morgan fingerprint density at radius 1 is 1.19 bits per heavy atom. The monoisotopic (exact) mass is 369 g/mol. The van der Waals surface area contributed by atoms with Crippen molar-refractivity contribution < 1.29 is 9.18 Å². The lowest BCUT2D eigenvalue weighted by molar-refractivity contribution is -0.121. The summed E-state index contributed by atoms with van der Waals surface area (Å²) in [5.41, 5.74) is 1.62. The number of carbonyl (C=O) groups is 1. The second-order valence-corrected chi connectivity index (χ2v) is 7.33. The molecule has 1 aromatic carbocycles. The summed E-state index contributed by atoms with van der Waals surface area (Å²) in [6, 6.07) is 10.6. The van der Waals surface area contributed by atoms with Gasteiger partial charge in [-0.3, -0.25) is 4.79 Å². The SMILES string of the molecule is C[C@@H](CC(=O)NCc1ccnc(N2CCCCCC2)c1)c1ccccc1F. The molecule has 2 aromatic rings. The van der Waals surface area contributed by atoms with Crippen molar-refractivity contribution in [1.29, 1.82) is 0 Å². The second kappa shape index (κ2) is 9.49. The Hall–Kier alpha value is -2.43. The van der Waals surface area contributed by atoms with E-state index in [1.165, 1.54) is 31.7 Å². The van der Waals surface area contributed by atoms with Gasteiger partial charge in [-0.1, -0.05) is 38.0 Å². The second-order valence-electron chi connectivity index (χ2n) is 7.33. The summed E-state index contributed by atoms with van der Waals surface area (Å²) < 4.78 is 13.8. The highest BCUT2D eigenvalue weighted by atomic mass is 19.1. The Morgan fingerprint density at radius 2 is 1.93 bits per heavy atom. The van der Waals surface area contributed by atoms with Crippen LogP contribution in [0.2, 0.25) is 0 Å². The summed E-state index contributed by atoms with van der Waals surface area (Å²) in [4.78, 5) is 19.1. The predicted octanol–water partition coefficient (Wildman–Crippen LogP) is 4.41. The van der Waals surface area contributed by atoms with Crippen molar-refractivity contribution in [3.63, 3.8) is 0 Å². The molecule has 0 saturated carbocycles. The molecule has 1 aliphatic rings.